The summed E-state index contributed by atoms with van der Waals surface area (Å²) in [5, 5.41) is 9.79. The van der Waals surface area contributed by atoms with Crippen LogP contribution in [0.3, 0.4) is 0 Å². The van der Waals surface area contributed by atoms with Crippen LogP contribution in [-0.4, -0.2) is 24.4 Å². The number of carbonyl (C=O) groups excluding carboxylic acids is 2. The van der Waals surface area contributed by atoms with E-state index in [0.29, 0.717) is 17.7 Å². The van der Waals surface area contributed by atoms with Gasteiger partial charge in [-0.05, 0) is 40.6 Å². The molecule has 144 valence electrons. The molecule has 0 saturated heterocycles. The van der Waals surface area contributed by atoms with Crippen LogP contribution in [0, 0.1) is 0 Å². The van der Waals surface area contributed by atoms with Gasteiger partial charge in [0.2, 0.25) is 0 Å². The zero-order chi connectivity index (χ0) is 20.2. The van der Waals surface area contributed by atoms with E-state index in [4.69, 9.17) is 0 Å². The lowest BCUT2D eigenvalue weighted by Gasteiger charge is -2.16. The van der Waals surface area contributed by atoms with Crippen LogP contribution in [0.25, 0.3) is 21.5 Å². The fourth-order valence-corrected chi connectivity index (χ4v) is 3.54. The second kappa shape index (κ2) is 8.15. The van der Waals surface area contributed by atoms with Crippen LogP contribution >= 0.6 is 0 Å². The van der Waals surface area contributed by atoms with Crippen LogP contribution in [0.5, 0.6) is 0 Å². The first-order valence-electron chi connectivity index (χ1n) is 9.68. The summed E-state index contributed by atoms with van der Waals surface area (Å²) in [5.41, 5.74) is 1.27. The maximum Gasteiger partial charge on any atom is 0.252 e. The lowest BCUT2D eigenvalue weighted by atomic mass is 10.0. The molecule has 0 bridgehead atoms. The minimum atomic E-state index is -0.208. The molecule has 4 heteroatoms. The zero-order valence-corrected chi connectivity index (χ0v) is 16.2. The predicted molar refractivity (Wildman–Crippen MR) is 117 cm³/mol. The van der Waals surface area contributed by atoms with Crippen LogP contribution < -0.4 is 10.6 Å². The van der Waals surface area contributed by atoms with Crippen molar-refractivity contribution in [2.75, 3.05) is 6.54 Å². The molecule has 1 unspecified atom stereocenters. The molecule has 4 nitrogen and oxygen atoms in total. The van der Waals surface area contributed by atoms with Gasteiger partial charge in [0.05, 0.1) is 0 Å². The van der Waals surface area contributed by atoms with E-state index in [2.05, 4.69) is 10.6 Å². The molecule has 4 aromatic carbocycles. The summed E-state index contributed by atoms with van der Waals surface area (Å²) in [6.45, 7) is 2.23. The van der Waals surface area contributed by atoms with Crippen LogP contribution in [0.4, 0.5) is 0 Å². The van der Waals surface area contributed by atoms with E-state index in [9.17, 15) is 9.59 Å². The average molecular weight is 382 g/mol. The quantitative estimate of drug-likeness (QED) is 0.532. The van der Waals surface area contributed by atoms with Crippen LogP contribution in [-0.2, 0) is 0 Å². The molecule has 0 aromatic heterocycles. The van der Waals surface area contributed by atoms with Crippen molar-refractivity contribution in [3.8, 4) is 0 Å². The summed E-state index contributed by atoms with van der Waals surface area (Å²) in [6, 6.07) is 26.8. The van der Waals surface area contributed by atoms with Crippen molar-refractivity contribution in [3.63, 3.8) is 0 Å². The lowest BCUT2D eigenvalue weighted by Crippen LogP contribution is -2.41. The largest absolute Gasteiger partial charge is 0.350 e. The van der Waals surface area contributed by atoms with E-state index in [1.54, 1.807) is 0 Å². The number of amides is 2. The zero-order valence-electron chi connectivity index (χ0n) is 16.2. The maximum absolute atomic E-state index is 12.7. The Morgan fingerprint density at radius 1 is 0.690 bits per heavy atom. The van der Waals surface area contributed by atoms with Crippen molar-refractivity contribution in [2.45, 2.75) is 13.0 Å². The van der Waals surface area contributed by atoms with Crippen molar-refractivity contribution in [3.05, 3.63) is 96.1 Å². The molecule has 4 aromatic rings. The first kappa shape index (κ1) is 18.7. The van der Waals surface area contributed by atoms with E-state index in [1.165, 1.54) is 0 Å². The summed E-state index contributed by atoms with van der Waals surface area (Å²) in [4.78, 5) is 25.4. The number of nitrogens with one attached hydrogen (secondary N) is 2. The molecule has 0 saturated carbocycles. The van der Waals surface area contributed by atoms with Gasteiger partial charge in [0.1, 0.15) is 0 Å². The first-order valence-corrected chi connectivity index (χ1v) is 9.68. The molecule has 2 amide bonds. The van der Waals surface area contributed by atoms with E-state index < -0.39 is 0 Å². The fraction of sp³-hybridized carbons (Fsp3) is 0.120. The third-order valence-electron chi connectivity index (χ3n) is 5.01. The molecule has 4 rings (SSSR count). The Balaban J connectivity index is 1.42. The van der Waals surface area contributed by atoms with Gasteiger partial charge in [-0.2, -0.15) is 0 Å². The molecule has 2 N–H and O–H groups in total. The summed E-state index contributed by atoms with van der Waals surface area (Å²) >= 11 is 0. The van der Waals surface area contributed by atoms with Crippen LogP contribution in [0.2, 0.25) is 0 Å². The van der Waals surface area contributed by atoms with Gasteiger partial charge < -0.3 is 10.6 Å². The van der Waals surface area contributed by atoms with Gasteiger partial charge in [0.25, 0.3) is 11.8 Å². The molecular weight excluding hydrogens is 360 g/mol. The van der Waals surface area contributed by atoms with Crippen molar-refractivity contribution < 1.29 is 9.59 Å². The summed E-state index contributed by atoms with van der Waals surface area (Å²) < 4.78 is 0. The summed E-state index contributed by atoms with van der Waals surface area (Å²) in [7, 11) is 0. The SMILES string of the molecule is CC(CNC(=O)c1cccc2ccccc12)NC(=O)c1cccc2ccccc12. The number of rotatable bonds is 5. The molecule has 0 spiro atoms. The van der Waals surface area contributed by atoms with Gasteiger partial charge in [-0.15, -0.1) is 0 Å². The van der Waals surface area contributed by atoms with Gasteiger partial charge in [-0.25, -0.2) is 0 Å². The Morgan fingerprint density at radius 2 is 1.17 bits per heavy atom. The Labute approximate surface area is 169 Å². The Hall–Kier alpha value is -3.66. The number of benzene rings is 4. The molecule has 0 aliphatic rings. The van der Waals surface area contributed by atoms with Crippen molar-refractivity contribution in [1.82, 2.24) is 10.6 Å². The minimum Gasteiger partial charge on any atom is -0.350 e. The van der Waals surface area contributed by atoms with E-state index in [0.717, 1.165) is 21.5 Å². The third kappa shape index (κ3) is 3.97. The Morgan fingerprint density at radius 3 is 1.76 bits per heavy atom. The number of carbonyl (C=O) groups is 2. The molecule has 0 heterocycles. The monoisotopic (exact) mass is 382 g/mol. The average Bonchev–Trinajstić information content (AvgIpc) is 2.76. The van der Waals surface area contributed by atoms with E-state index in [-0.39, 0.29) is 17.9 Å². The van der Waals surface area contributed by atoms with Crippen molar-refractivity contribution >= 4 is 33.4 Å². The topological polar surface area (TPSA) is 58.2 Å². The predicted octanol–water partition coefficient (Wildman–Crippen LogP) is 4.54. The molecule has 0 aliphatic carbocycles. The lowest BCUT2D eigenvalue weighted by molar-refractivity contribution is 0.0914. The van der Waals surface area contributed by atoms with Crippen molar-refractivity contribution in [2.24, 2.45) is 0 Å². The smallest absolute Gasteiger partial charge is 0.252 e. The molecule has 0 aliphatic heterocycles. The minimum absolute atomic E-state index is 0.145. The molecule has 1 atom stereocenters. The number of hydrogen-bond acceptors (Lipinski definition) is 2. The van der Waals surface area contributed by atoms with Gasteiger partial charge in [0.15, 0.2) is 0 Å². The molecule has 0 fully saturated rings. The van der Waals surface area contributed by atoms with Crippen LogP contribution in [0.1, 0.15) is 27.6 Å². The summed E-state index contributed by atoms with van der Waals surface area (Å²) in [6.07, 6.45) is 0. The Bertz CT molecular complexity index is 1190. The molecular formula is C25H22N2O2. The van der Waals surface area contributed by atoms with Crippen molar-refractivity contribution in [1.29, 1.82) is 0 Å². The Kier molecular flexibility index (Phi) is 5.25. The van der Waals surface area contributed by atoms with E-state index in [1.807, 2.05) is 91.9 Å². The second-order valence-electron chi connectivity index (χ2n) is 7.14. The standard InChI is InChI=1S/C25H22N2O2/c1-17(27-25(29)23-15-7-11-19-9-3-5-13-21(19)23)16-26-24(28)22-14-6-10-18-8-2-4-12-20(18)22/h2-15,17H,16H2,1H3,(H,26,28)(H,27,29). The second-order valence-corrected chi connectivity index (χ2v) is 7.14. The summed E-state index contributed by atoms with van der Waals surface area (Å²) in [5.74, 6) is -0.290. The fourth-order valence-electron chi connectivity index (χ4n) is 3.54. The van der Waals surface area contributed by atoms with Crippen LogP contribution in [0.15, 0.2) is 84.9 Å². The third-order valence-corrected chi connectivity index (χ3v) is 5.01. The highest BCUT2D eigenvalue weighted by molar-refractivity contribution is 6.08. The normalized spacial score (nSPS) is 11.9. The highest BCUT2D eigenvalue weighted by Crippen LogP contribution is 2.19. The van der Waals surface area contributed by atoms with E-state index >= 15 is 0 Å². The number of fused-ring (bicyclic) bond motifs is 2. The maximum atomic E-state index is 12.7. The van der Waals surface area contributed by atoms with Gasteiger partial charge in [0, 0.05) is 23.7 Å². The number of hydrogen-bond donors (Lipinski definition) is 2. The highest BCUT2D eigenvalue weighted by Gasteiger charge is 2.14. The first-order chi connectivity index (χ1) is 14.1. The van der Waals surface area contributed by atoms with Gasteiger partial charge in [-0.3, -0.25) is 9.59 Å². The van der Waals surface area contributed by atoms with Gasteiger partial charge in [-0.1, -0.05) is 72.8 Å². The van der Waals surface area contributed by atoms with Gasteiger partial charge >= 0.3 is 0 Å². The highest BCUT2D eigenvalue weighted by atomic mass is 16.2. The molecule has 0 radical (unpaired) electrons. The molecule has 29 heavy (non-hydrogen) atoms.